The van der Waals surface area contributed by atoms with Gasteiger partial charge in [0.1, 0.15) is 11.2 Å². The van der Waals surface area contributed by atoms with Crippen molar-refractivity contribution in [2.75, 3.05) is 0 Å². The van der Waals surface area contributed by atoms with E-state index in [2.05, 4.69) is 6.58 Å². The highest BCUT2D eigenvalue weighted by atomic mass is 16.5. The molecule has 94 valence electrons. The second kappa shape index (κ2) is 4.39. The van der Waals surface area contributed by atoms with E-state index in [9.17, 15) is 4.79 Å². The van der Waals surface area contributed by atoms with Crippen molar-refractivity contribution in [3.05, 3.63) is 84.1 Å². The molecular weight excluding hydrogens is 236 g/mol. The molecule has 0 saturated carbocycles. The lowest BCUT2D eigenvalue weighted by Gasteiger charge is -2.25. The zero-order chi connectivity index (χ0) is 13.3. The zero-order valence-electron chi connectivity index (χ0n) is 10.5. The normalized spacial score (nSPS) is 17.3. The van der Waals surface area contributed by atoms with E-state index in [-0.39, 0.29) is 5.97 Å². The third kappa shape index (κ3) is 1.76. The van der Waals surface area contributed by atoms with E-state index in [0.29, 0.717) is 12.2 Å². The van der Waals surface area contributed by atoms with Crippen molar-refractivity contribution in [2.24, 2.45) is 0 Å². The molecule has 0 N–H and O–H groups in total. The van der Waals surface area contributed by atoms with Gasteiger partial charge in [-0.15, -0.1) is 0 Å². The number of hydrogen-bond acceptors (Lipinski definition) is 2. The molecule has 0 aliphatic carbocycles. The summed E-state index contributed by atoms with van der Waals surface area (Å²) in [5.74, 6) is 0.285. The molecule has 0 atom stereocenters. The molecule has 2 nitrogen and oxygen atoms in total. The SMILES string of the molecule is C=C1CC(c2ccccc2)(c2ccccc2)C(=O)O1. The van der Waals surface area contributed by atoms with Crippen LogP contribution < -0.4 is 0 Å². The highest BCUT2D eigenvalue weighted by molar-refractivity contribution is 5.91. The predicted octanol–water partition coefficient (Wildman–Crippen LogP) is 3.43. The van der Waals surface area contributed by atoms with Crippen LogP contribution in [0.15, 0.2) is 73.0 Å². The van der Waals surface area contributed by atoms with Gasteiger partial charge in [-0.25, -0.2) is 0 Å². The Bertz CT molecular complexity index is 575. The summed E-state index contributed by atoms with van der Waals surface area (Å²) in [6.07, 6.45) is 0.500. The Labute approximate surface area is 112 Å². The lowest BCUT2D eigenvalue weighted by molar-refractivity contribution is -0.139. The van der Waals surface area contributed by atoms with Crippen LogP contribution in [0.25, 0.3) is 0 Å². The van der Waals surface area contributed by atoms with Crippen molar-refractivity contribution >= 4 is 5.97 Å². The van der Waals surface area contributed by atoms with E-state index in [0.717, 1.165) is 11.1 Å². The molecule has 2 heteroatoms. The summed E-state index contributed by atoms with van der Waals surface area (Å²) < 4.78 is 5.25. The van der Waals surface area contributed by atoms with E-state index in [1.54, 1.807) is 0 Å². The number of cyclic esters (lactones) is 1. The van der Waals surface area contributed by atoms with Gasteiger partial charge in [-0.2, -0.15) is 0 Å². The first kappa shape index (κ1) is 11.7. The van der Waals surface area contributed by atoms with E-state index in [1.807, 2.05) is 60.7 Å². The topological polar surface area (TPSA) is 26.3 Å². The first-order chi connectivity index (χ1) is 9.23. The Morgan fingerprint density at radius 2 is 1.37 bits per heavy atom. The molecule has 1 saturated heterocycles. The van der Waals surface area contributed by atoms with Crippen LogP contribution in [0.4, 0.5) is 0 Å². The molecule has 0 radical (unpaired) electrons. The maximum Gasteiger partial charge on any atom is 0.326 e. The molecule has 1 fully saturated rings. The fourth-order valence-corrected chi connectivity index (χ4v) is 2.67. The quantitative estimate of drug-likeness (QED) is 0.763. The summed E-state index contributed by atoms with van der Waals surface area (Å²) >= 11 is 0. The van der Waals surface area contributed by atoms with E-state index >= 15 is 0 Å². The summed E-state index contributed by atoms with van der Waals surface area (Å²) in [6, 6.07) is 19.5. The second-order valence-corrected chi connectivity index (χ2v) is 4.74. The third-order valence-corrected chi connectivity index (χ3v) is 3.58. The van der Waals surface area contributed by atoms with Crippen molar-refractivity contribution < 1.29 is 9.53 Å². The smallest absolute Gasteiger partial charge is 0.326 e. The summed E-state index contributed by atoms with van der Waals surface area (Å²) in [7, 11) is 0. The number of ether oxygens (including phenoxy) is 1. The van der Waals surface area contributed by atoms with Gasteiger partial charge in [-0.05, 0) is 11.1 Å². The van der Waals surface area contributed by atoms with Crippen LogP contribution in [-0.4, -0.2) is 5.97 Å². The Morgan fingerprint density at radius 3 is 1.74 bits per heavy atom. The fraction of sp³-hybridized carbons (Fsp3) is 0.118. The average molecular weight is 250 g/mol. The van der Waals surface area contributed by atoms with Gasteiger partial charge in [0.25, 0.3) is 0 Å². The molecule has 19 heavy (non-hydrogen) atoms. The van der Waals surface area contributed by atoms with Crippen LogP contribution in [-0.2, 0) is 14.9 Å². The van der Waals surface area contributed by atoms with Gasteiger partial charge in [-0.3, -0.25) is 4.79 Å². The van der Waals surface area contributed by atoms with Crippen LogP contribution in [0.5, 0.6) is 0 Å². The van der Waals surface area contributed by atoms with Gasteiger partial charge < -0.3 is 4.74 Å². The largest absolute Gasteiger partial charge is 0.431 e. The summed E-state index contributed by atoms with van der Waals surface area (Å²) in [6.45, 7) is 3.81. The maximum atomic E-state index is 12.4. The second-order valence-electron chi connectivity index (χ2n) is 4.74. The van der Waals surface area contributed by atoms with Crippen molar-refractivity contribution in [3.63, 3.8) is 0 Å². The minimum atomic E-state index is -0.750. The van der Waals surface area contributed by atoms with E-state index in [1.165, 1.54) is 0 Å². The summed E-state index contributed by atoms with van der Waals surface area (Å²) in [5, 5.41) is 0. The van der Waals surface area contributed by atoms with E-state index < -0.39 is 5.41 Å². The first-order valence-corrected chi connectivity index (χ1v) is 6.24. The lowest BCUT2D eigenvalue weighted by atomic mass is 9.73. The Morgan fingerprint density at radius 1 is 0.895 bits per heavy atom. The van der Waals surface area contributed by atoms with Crippen molar-refractivity contribution in [2.45, 2.75) is 11.8 Å². The molecule has 1 aliphatic rings. The third-order valence-electron chi connectivity index (χ3n) is 3.58. The highest BCUT2D eigenvalue weighted by Crippen LogP contribution is 2.44. The number of carbonyl (C=O) groups excluding carboxylic acids is 1. The number of esters is 1. The van der Waals surface area contributed by atoms with Gasteiger partial charge in [0.05, 0.1) is 0 Å². The summed E-state index contributed by atoms with van der Waals surface area (Å²) in [5.41, 5.74) is 1.15. The maximum absolute atomic E-state index is 12.4. The predicted molar refractivity (Wildman–Crippen MR) is 73.5 cm³/mol. The number of hydrogen-bond donors (Lipinski definition) is 0. The number of carbonyl (C=O) groups is 1. The monoisotopic (exact) mass is 250 g/mol. The number of benzene rings is 2. The molecule has 0 bridgehead atoms. The fourth-order valence-electron chi connectivity index (χ4n) is 2.67. The van der Waals surface area contributed by atoms with Crippen LogP contribution >= 0.6 is 0 Å². The Hall–Kier alpha value is -2.35. The number of allylic oxidation sites excluding steroid dienone is 1. The van der Waals surface area contributed by atoms with Gasteiger partial charge in [0.15, 0.2) is 0 Å². The standard InChI is InChI=1S/C17H14O2/c1-13-12-17(16(18)19-13,14-8-4-2-5-9-14)15-10-6-3-7-11-15/h2-11H,1,12H2. The molecular formula is C17H14O2. The first-order valence-electron chi connectivity index (χ1n) is 6.24. The van der Waals surface area contributed by atoms with Gasteiger partial charge in [0.2, 0.25) is 0 Å². The molecule has 3 rings (SSSR count). The van der Waals surface area contributed by atoms with Gasteiger partial charge in [-0.1, -0.05) is 67.2 Å². The molecule has 1 aliphatic heterocycles. The van der Waals surface area contributed by atoms with Crippen LogP contribution in [0, 0.1) is 0 Å². The van der Waals surface area contributed by atoms with Gasteiger partial charge in [0, 0.05) is 6.42 Å². The molecule has 0 amide bonds. The minimum Gasteiger partial charge on any atom is -0.431 e. The van der Waals surface area contributed by atoms with Crippen molar-refractivity contribution in [1.29, 1.82) is 0 Å². The van der Waals surface area contributed by atoms with Crippen LogP contribution in [0.3, 0.4) is 0 Å². The summed E-state index contributed by atoms with van der Waals surface area (Å²) in [4.78, 5) is 12.4. The molecule has 2 aromatic rings. The molecule has 0 spiro atoms. The minimum absolute atomic E-state index is 0.241. The van der Waals surface area contributed by atoms with Crippen LogP contribution in [0.2, 0.25) is 0 Å². The molecule has 0 unspecified atom stereocenters. The Kier molecular flexibility index (Phi) is 2.71. The van der Waals surface area contributed by atoms with Crippen molar-refractivity contribution in [1.82, 2.24) is 0 Å². The van der Waals surface area contributed by atoms with Crippen molar-refractivity contribution in [3.8, 4) is 0 Å². The molecule has 0 aromatic heterocycles. The van der Waals surface area contributed by atoms with E-state index in [4.69, 9.17) is 4.74 Å². The number of rotatable bonds is 2. The van der Waals surface area contributed by atoms with Gasteiger partial charge >= 0.3 is 5.97 Å². The van der Waals surface area contributed by atoms with Crippen LogP contribution in [0.1, 0.15) is 17.5 Å². The molecule has 1 heterocycles. The molecule has 2 aromatic carbocycles. The Balaban J connectivity index is 2.23. The lowest BCUT2D eigenvalue weighted by Crippen LogP contribution is -2.32. The average Bonchev–Trinajstić information content (AvgIpc) is 2.76. The zero-order valence-corrected chi connectivity index (χ0v) is 10.5. The highest BCUT2D eigenvalue weighted by Gasteiger charge is 2.49.